The molecule has 2 aromatic rings. The monoisotopic (exact) mass is 458 g/mol. The quantitative estimate of drug-likeness (QED) is 0.579. The average molecular weight is 458 g/mol. The Labute approximate surface area is 188 Å². The second-order valence-electron chi connectivity index (χ2n) is 7.46. The molecule has 1 fully saturated rings. The number of aromatic nitrogens is 1. The van der Waals surface area contributed by atoms with Crippen LogP contribution in [-0.4, -0.2) is 47.6 Å². The van der Waals surface area contributed by atoms with Crippen LogP contribution >= 0.6 is 0 Å². The zero-order chi connectivity index (χ0) is 24.1. The molecule has 33 heavy (non-hydrogen) atoms. The number of anilines is 2. The predicted octanol–water partition coefficient (Wildman–Crippen LogP) is 2.37. The SMILES string of the molecule is CC(=O)OC(C)C(=O)Nc1ccc(-c2ccc(N3CC(CCC(N)=O)OC3=O)cc2F)cn1. The third kappa shape index (κ3) is 6.03. The van der Waals surface area contributed by atoms with Gasteiger partial charge in [-0.3, -0.25) is 19.3 Å². The maximum Gasteiger partial charge on any atom is 0.414 e. The van der Waals surface area contributed by atoms with E-state index >= 15 is 0 Å². The third-order valence-electron chi connectivity index (χ3n) is 4.89. The van der Waals surface area contributed by atoms with Gasteiger partial charge in [-0.05, 0) is 43.7 Å². The molecule has 1 saturated heterocycles. The molecule has 3 rings (SSSR count). The van der Waals surface area contributed by atoms with Crippen LogP contribution in [0.15, 0.2) is 36.5 Å². The van der Waals surface area contributed by atoms with E-state index in [0.29, 0.717) is 17.7 Å². The summed E-state index contributed by atoms with van der Waals surface area (Å²) in [5.74, 6) is -1.99. The number of amides is 3. The Morgan fingerprint density at radius 1 is 1.33 bits per heavy atom. The number of halogens is 1. The first kappa shape index (κ1) is 23.6. The summed E-state index contributed by atoms with van der Waals surface area (Å²) >= 11 is 0. The van der Waals surface area contributed by atoms with Gasteiger partial charge in [0, 0.05) is 30.7 Å². The lowest BCUT2D eigenvalue weighted by Crippen LogP contribution is -2.29. The Morgan fingerprint density at radius 3 is 2.70 bits per heavy atom. The topological polar surface area (TPSA) is 141 Å². The van der Waals surface area contributed by atoms with Crippen molar-refractivity contribution in [2.45, 2.75) is 38.9 Å². The first-order chi connectivity index (χ1) is 15.6. The number of rotatable bonds is 8. The van der Waals surface area contributed by atoms with Crippen LogP contribution in [0.2, 0.25) is 0 Å². The molecule has 1 aliphatic rings. The van der Waals surface area contributed by atoms with E-state index in [0.717, 1.165) is 0 Å². The molecule has 1 aromatic carbocycles. The summed E-state index contributed by atoms with van der Waals surface area (Å²) in [7, 11) is 0. The predicted molar refractivity (Wildman–Crippen MR) is 116 cm³/mol. The molecule has 1 aromatic heterocycles. The number of pyridine rings is 1. The number of nitrogens with one attached hydrogen (secondary N) is 1. The molecule has 11 heteroatoms. The molecule has 0 saturated carbocycles. The van der Waals surface area contributed by atoms with Crippen molar-refractivity contribution < 1.29 is 33.0 Å². The number of cyclic esters (lactones) is 1. The highest BCUT2D eigenvalue weighted by molar-refractivity contribution is 5.94. The molecular weight excluding hydrogens is 435 g/mol. The van der Waals surface area contributed by atoms with Crippen LogP contribution in [0.3, 0.4) is 0 Å². The van der Waals surface area contributed by atoms with Gasteiger partial charge in [0.15, 0.2) is 6.10 Å². The second-order valence-corrected chi connectivity index (χ2v) is 7.46. The zero-order valence-electron chi connectivity index (χ0n) is 18.0. The normalized spacial score (nSPS) is 16.2. The van der Waals surface area contributed by atoms with E-state index in [1.54, 1.807) is 12.1 Å². The Hall–Kier alpha value is -4.02. The molecular formula is C22H23FN4O6. The fourth-order valence-corrected chi connectivity index (χ4v) is 3.25. The van der Waals surface area contributed by atoms with Gasteiger partial charge in [-0.1, -0.05) is 0 Å². The molecule has 174 valence electrons. The molecule has 1 aliphatic heterocycles. The fraction of sp³-hybridized carbons (Fsp3) is 0.318. The van der Waals surface area contributed by atoms with Crippen molar-refractivity contribution in [1.29, 1.82) is 0 Å². The van der Waals surface area contributed by atoms with Crippen LogP contribution in [0, 0.1) is 5.82 Å². The molecule has 3 amide bonds. The lowest BCUT2D eigenvalue weighted by atomic mass is 10.1. The van der Waals surface area contributed by atoms with E-state index < -0.39 is 41.9 Å². The van der Waals surface area contributed by atoms with Crippen molar-refractivity contribution >= 4 is 35.4 Å². The summed E-state index contributed by atoms with van der Waals surface area (Å²) in [4.78, 5) is 51.4. The minimum atomic E-state index is -0.985. The number of nitrogens with two attached hydrogens (primary N) is 1. The number of primary amides is 1. The smallest absolute Gasteiger partial charge is 0.414 e. The minimum absolute atomic E-state index is 0.0885. The molecule has 3 N–H and O–H groups in total. The van der Waals surface area contributed by atoms with Gasteiger partial charge in [0.05, 0.1) is 12.2 Å². The van der Waals surface area contributed by atoms with Crippen molar-refractivity contribution in [3.63, 3.8) is 0 Å². The largest absolute Gasteiger partial charge is 0.453 e. The number of hydrogen-bond acceptors (Lipinski definition) is 7. The number of benzene rings is 1. The standard InChI is InChI=1S/C22H23FN4O6/c1-12(32-13(2)28)21(30)26-20-8-3-14(10-25-20)17-6-4-15(9-18(17)23)27-11-16(33-22(27)31)5-7-19(24)29/h3-4,6,8-10,12,16H,5,7,11H2,1-2H3,(H2,24,29)(H,25,26,30). The van der Waals surface area contributed by atoms with Crippen molar-refractivity contribution in [3.8, 4) is 11.1 Å². The minimum Gasteiger partial charge on any atom is -0.453 e. The fourth-order valence-electron chi connectivity index (χ4n) is 3.25. The molecule has 0 bridgehead atoms. The van der Waals surface area contributed by atoms with E-state index in [2.05, 4.69) is 10.3 Å². The highest BCUT2D eigenvalue weighted by atomic mass is 19.1. The number of nitrogens with zero attached hydrogens (tertiary/aromatic N) is 2. The average Bonchev–Trinajstić information content (AvgIpc) is 3.13. The van der Waals surface area contributed by atoms with Crippen molar-refractivity contribution in [1.82, 2.24) is 4.98 Å². The number of ether oxygens (including phenoxy) is 2. The van der Waals surface area contributed by atoms with Crippen molar-refractivity contribution in [2.24, 2.45) is 5.73 Å². The highest BCUT2D eigenvalue weighted by Crippen LogP contribution is 2.29. The summed E-state index contributed by atoms with van der Waals surface area (Å²) in [6.07, 6.45) is -0.336. The van der Waals surface area contributed by atoms with Gasteiger partial charge in [0.1, 0.15) is 17.7 Å². The molecule has 2 atom stereocenters. The lowest BCUT2D eigenvalue weighted by molar-refractivity contribution is -0.150. The van der Waals surface area contributed by atoms with Gasteiger partial charge in [0.2, 0.25) is 5.91 Å². The molecule has 2 unspecified atom stereocenters. The number of hydrogen-bond donors (Lipinski definition) is 2. The first-order valence-electron chi connectivity index (χ1n) is 10.1. The van der Waals surface area contributed by atoms with Gasteiger partial charge >= 0.3 is 12.1 Å². The number of carbonyl (C=O) groups is 4. The van der Waals surface area contributed by atoms with E-state index in [1.807, 2.05) is 0 Å². The van der Waals surface area contributed by atoms with E-state index in [1.165, 1.54) is 43.1 Å². The maximum absolute atomic E-state index is 14.8. The molecule has 0 radical (unpaired) electrons. The van der Waals surface area contributed by atoms with Crippen LogP contribution in [0.1, 0.15) is 26.7 Å². The number of carbonyl (C=O) groups excluding carboxylic acids is 4. The Morgan fingerprint density at radius 2 is 2.09 bits per heavy atom. The second kappa shape index (κ2) is 10.1. The Kier molecular flexibility index (Phi) is 7.21. The van der Waals surface area contributed by atoms with Crippen molar-refractivity contribution in [2.75, 3.05) is 16.8 Å². The van der Waals surface area contributed by atoms with Gasteiger partial charge in [-0.25, -0.2) is 14.2 Å². The van der Waals surface area contributed by atoms with Gasteiger partial charge in [0.25, 0.3) is 5.91 Å². The van der Waals surface area contributed by atoms with Gasteiger partial charge < -0.3 is 20.5 Å². The molecule has 0 aliphatic carbocycles. The van der Waals surface area contributed by atoms with E-state index in [9.17, 15) is 23.6 Å². The Balaban J connectivity index is 1.67. The molecule has 2 heterocycles. The zero-order valence-corrected chi connectivity index (χ0v) is 18.0. The van der Waals surface area contributed by atoms with E-state index in [-0.39, 0.29) is 24.3 Å². The third-order valence-corrected chi connectivity index (χ3v) is 4.89. The van der Waals surface area contributed by atoms with Crippen LogP contribution in [-0.2, 0) is 23.9 Å². The summed E-state index contributed by atoms with van der Waals surface area (Å²) < 4.78 is 24.8. The van der Waals surface area contributed by atoms with Gasteiger partial charge in [-0.2, -0.15) is 0 Å². The molecule has 10 nitrogen and oxygen atoms in total. The first-order valence-corrected chi connectivity index (χ1v) is 10.1. The maximum atomic E-state index is 14.8. The highest BCUT2D eigenvalue weighted by Gasteiger charge is 2.32. The van der Waals surface area contributed by atoms with Crippen LogP contribution in [0.25, 0.3) is 11.1 Å². The lowest BCUT2D eigenvalue weighted by Gasteiger charge is -2.15. The van der Waals surface area contributed by atoms with E-state index in [4.69, 9.17) is 15.2 Å². The Bertz CT molecular complexity index is 1080. The van der Waals surface area contributed by atoms with Crippen LogP contribution in [0.4, 0.5) is 20.7 Å². The van der Waals surface area contributed by atoms with Gasteiger partial charge in [-0.15, -0.1) is 0 Å². The van der Waals surface area contributed by atoms with Crippen molar-refractivity contribution in [3.05, 3.63) is 42.3 Å². The summed E-state index contributed by atoms with van der Waals surface area (Å²) in [5, 5.41) is 2.50. The van der Waals surface area contributed by atoms with Crippen LogP contribution in [0.5, 0.6) is 0 Å². The number of esters is 1. The summed E-state index contributed by atoms with van der Waals surface area (Å²) in [6.45, 7) is 2.82. The summed E-state index contributed by atoms with van der Waals surface area (Å²) in [6, 6.07) is 7.35. The van der Waals surface area contributed by atoms with Crippen LogP contribution < -0.4 is 16.0 Å². The molecule has 0 spiro atoms. The summed E-state index contributed by atoms with van der Waals surface area (Å²) in [5.41, 5.74) is 6.14.